The predicted molar refractivity (Wildman–Crippen MR) is 76.9 cm³/mol. The molecule has 1 aliphatic carbocycles. The van der Waals surface area contributed by atoms with E-state index < -0.39 is 0 Å². The first-order chi connectivity index (χ1) is 8.08. The van der Waals surface area contributed by atoms with Gasteiger partial charge in [0, 0.05) is 0 Å². The second-order valence-electron chi connectivity index (χ2n) is 6.60. The topological polar surface area (TPSA) is 26.0 Å². The summed E-state index contributed by atoms with van der Waals surface area (Å²) in [7, 11) is 0. The van der Waals surface area contributed by atoms with E-state index in [0.717, 1.165) is 30.2 Å². The fraction of sp³-hybridized carbons (Fsp3) is 1.00. The Kier molecular flexibility index (Phi) is 6.54. The third-order valence-electron chi connectivity index (χ3n) is 5.28. The fourth-order valence-electron chi connectivity index (χ4n) is 3.56. The van der Waals surface area contributed by atoms with E-state index in [9.17, 15) is 0 Å². The minimum Gasteiger partial charge on any atom is -0.330 e. The fourth-order valence-corrected chi connectivity index (χ4v) is 3.56. The highest BCUT2D eigenvalue weighted by Gasteiger charge is 2.26. The lowest BCUT2D eigenvalue weighted by molar-refractivity contribution is 0.170. The Morgan fingerprint density at radius 3 is 2.35 bits per heavy atom. The quantitative estimate of drug-likeness (QED) is 0.770. The standard InChI is InChI=1S/C16H33N/c1-5-16-9-8-15(10-12(2)11-17)7-6-13(3)14(16)4/h12-16H,5-11,17H2,1-4H3/t12?,13?,14?,15-,16-/m0/s1. The van der Waals surface area contributed by atoms with Crippen LogP contribution >= 0.6 is 0 Å². The number of hydrogen-bond acceptors (Lipinski definition) is 1. The first-order valence-corrected chi connectivity index (χ1v) is 7.78. The lowest BCUT2D eigenvalue weighted by Gasteiger charge is -2.34. The van der Waals surface area contributed by atoms with Crippen LogP contribution in [0.2, 0.25) is 0 Å². The Balaban J connectivity index is 2.51. The van der Waals surface area contributed by atoms with Crippen LogP contribution in [0.3, 0.4) is 0 Å². The van der Waals surface area contributed by atoms with Gasteiger partial charge in [-0.1, -0.05) is 53.4 Å². The maximum Gasteiger partial charge on any atom is -0.00514 e. The summed E-state index contributed by atoms with van der Waals surface area (Å²) < 4.78 is 0. The monoisotopic (exact) mass is 239 g/mol. The summed E-state index contributed by atoms with van der Waals surface area (Å²) in [6.07, 6.45) is 8.48. The third-order valence-corrected chi connectivity index (χ3v) is 5.28. The summed E-state index contributed by atoms with van der Waals surface area (Å²) in [4.78, 5) is 0. The molecule has 3 unspecified atom stereocenters. The van der Waals surface area contributed by atoms with Crippen LogP contribution in [0, 0.1) is 29.6 Å². The molecule has 0 heterocycles. The van der Waals surface area contributed by atoms with Gasteiger partial charge in [-0.2, -0.15) is 0 Å². The van der Waals surface area contributed by atoms with Crippen molar-refractivity contribution < 1.29 is 0 Å². The Morgan fingerprint density at radius 2 is 1.76 bits per heavy atom. The van der Waals surface area contributed by atoms with Crippen LogP contribution in [0.5, 0.6) is 0 Å². The molecule has 0 aromatic carbocycles. The van der Waals surface area contributed by atoms with Crippen LogP contribution in [0.4, 0.5) is 0 Å². The SMILES string of the molecule is CC[C@H]1CC[C@@H](CC(C)CN)CCC(C)C1C. The molecular weight excluding hydrogens is 206 g/mol. The molecule has 1 heteroatoms. The van der Waals surface area contributed by atoms with E-state index in [1.54, 1.807) is 0 Å². The van der Waals surface area contributed by atoms with E-state index in [0.29, 0.717) is 5.92 Å². The largest absolute Gasteiger partial charge is 0.330 e. The highest BCUT2D eigenvalue weighted by Crippen LogP contribution is 2.37. The van der Waals surface area contributed by atoms with Gasteiger partial charge in [-0.15, -0.1) is 0 Å². The average Bonchev–Trinajstić information content (AvgIpc) is 2.33. The number of rotatable bonds is 4. The molecule has 0 saturated heterocycles. The van der Waals surface area contributed by atoms with Crippen molar-refractivity contribution in [2.24, 2.45) is 35.3 Å². The van der Waals surface area contributed by atoms with Gasteiger partial charge in [0.25, 0.3) is 0 Å². The van der Waals surface area contributed by atoms with Crippen molar-refractivity contribution in [3.05, 3.63) is 0 Å². The zero-order valence-corrected chi connectivity index (χ0v) is 12.4. The van der Waals surface area contributed by atoms with Crippen molar-refractivity contribution in [2.45, 2.75) is 66.2 Å². The molecule has 1 fully saturated rings. The Bertz CT molecular complexity index is 202. The first kappa shape index (κ1) is 15.0. The van der Waals surface area contributed by atoms with Crippen LogP contribution in [0.15, 0.2) is 0 Å². The van der Waals surface area contributed by atoms with Crippen molar-refractivity contribution in [3.8, 4) is 0 Å². The molecule has 1 aliphatic rings. The smallest absolute Gasteiger partial charge is 0.00514 e. The molecule has 1 saturated carbocycles. The van der Waals surface area contributed by atoms with Gasteiger partial charge in [0.15, 0.2) is 0 Å². The summed E-state index contributed by atoms with van der Waals surface area (Å²) >= 11 is 0. The average molecular weight is 239 g/mol. The van der Waals surface area contributed by atoms with Crippen LogP contribution < -0.4 is 5.73 Å². The van der Waals surface area contributed by atoms with Crippen molar-refractivity contribution in [2.75, 3.05) is 6.54 Å². The highest BCUT2D eigenvalue weighted by atomic mass is 14.5. The van der Waals surface area contributed by atoms with Gasteiger partial charge in [0.1, 0.15) is 0 Å². The Labute approximate surface area is 109 Å². The third kappa shape index (κ3) is 4.62. The van der Waals surface area contributed by atoms with E-state index in [1.807, 2.05) is 0 Å². The Morgan fingerprint density at radius 1 is 1.12 bits per heavy atom. The van der Waals surface area contributed by atoms with Gasteiger partial charge in [-0.05, 0) is 49.0 Å². The maximum absolute atomic E-state index is 5.76. The molecule has 0 aromatic heterocycles. The van der Waals surface area contributed by atoms with Crippen LogP contribution in [0.1, 0.15) is 66.2 Å². The normalized spacial score (nSPS) is 37.2. The molecular formula is C16H33N. The van der Waals surface area contributed by atoms with Crippen molar-refractivity contribution in [1.29, 1.82) is 0 Å². The predicted octanol–water partition coefficient (Wildman–Crippen LogP) is 4.46. The lowest BCUT2D eigenvalue weighted by atomic mass is 9.72. The molecule has 0 spiro atoms. The van der Waals surface area contributed by atoms with Crippen molar-refractivity contribution >= 4 is 0 Å². The highest BCUT2D eigenvalue weighted by molar-refractivity contribution is 4.77. The second kappa shape index (κ2) is 7.41. The van der Waals surface area contributed by atoms with E-state index in [2.05, 4.69) is 27.7 Å². The van der Waals surface area contributed by atoms with Gasteiger partial charge in [0.05, 0.1) is 0 Å². The van der Waals surface area contributed by atoms with E-state index in [1.165, 1.54) is 38.5 Å². The van der Waals surface area contributed by atoms with Gasteiger partial charge >= 0.3 is 0 Å². The molecule has 5 atom stereocenters. The molecule has 17 heavy (non-hydrogen) atoms. The van der Waals surface area contributed by atoms with Crippen molar-refractivity contribution in [3.63, 3.8) is 0 Å². The van der Waals surface area contributed by atoms with Crippen molar-refractivity contribution in [1.82, 2.24) is 0 Å². The van der Waals surface area contributed by atoms with Crippen LogP contribution in [0.25, 0.3) is 0 Å². The molecule has 102 valence electrons. The summed E-state index contributed by atoms with van der Waals surface area (Å²) in [5, 5.41) is 0. The summed E-state index contributed by atoms with van der Waals surface area (Å²) in [6.45, 7) is 10.5. The molecule has 0 bridgehead atoms. The van der Waals surface area contributed by atoms with Gasteiger partial charge in [-0.3, -0.25) is 0 Å². The van der Waals surface area contributed by atoms with E-state index in [-0.39, 0.29) is 0 Å². The zero-order chi connectivity index (χ0) is 12.8. The molecule has 0 radical (unpaired) electrons. The molecule has 0 amide bonds. The van der Waals surface area contributed by atoms with Gasteiger partial charge in [-0.25, -0.2) is 0 Å². The van der Waals surface area contributed by atoms with Crippen LogP contribution in [-0.4, -0.2) is 6.54 Å². The van der Waals surface area contributed by atoms with E-state index in [4.69, 9.17) is 5.73 Å². The molecule has 0 aliphatic heterocycles. The van der Waals surface area contributed by atoms with Gasteiger partial charge in [0.2, 0.25) is 0 Å². The molecule has 2 N–H and O–H groups in total. The molecule has 1 rings (SSSR count). The summed E-state index contributed by atoms with van der Waals surface area (Å²) in [5.41, 5.74) is 5.76. The van der Waals surface area contributed by atoms with Crippen LogP contribution in [-0.2, 0) is 0 Å². The van der Waals surface area contributed by atoms with E-state index >= 15 is 0 Å². The number of nitrogens with two attached hydrogens (primary N) is 1. The first-order valence-electron chi connectivity index (χ1n) is 7.78. The zero-order valence-electron chi connectivity index (χ0n) is 12.4. The minimum absolute atomic E-state index is 0.715. The maximum atomic E-state index is 5.76. The summed E-state index contributed by atoms with van der Waals surface area (Å²) in [6, 6.07) is 0. The molecule has 1 nitrogen and oxygen atoms in total. The minimum atomic E-state index is 0.715. The molecule has 0 aromatic rings. The second-order valence-corrected chi connectivity index (χ2v) is 6.60. The summed E-state index contributed by atoms with van der Waals surface area (Å²) in [5.74, 6) is 4.45. The lowest BCUT2D eigenvalue weighted by Crippen LogP contribution is -2.24. The number of hydrogen-bond donors (Lipinski definition) is 1. The Hall–Kier alpha value is -0.0400. The van der Waals surface area contributed by atoms with Gasteiger partial charge < -0.3 is 5.73 Å².